The molecule has 0 aliphatic carbocycles. The van der Waals surface area contributed by atoms with Crippen LogP contribution in [0.15, 0.2) is 29.0 Å². The molecule has 0 saturated heterocycles. The van der Waals surface area contributed by atoms with Crippen molar-refractivity contribution in [1.29, 1.82) is 0 Å². The largest absolute Gasteiger partial charge is 0.411 e. The molecule has 0 fully saturated rings. The lowest BCUT2D eigenvalue weighted by molar-refractivity contribution is 0.310. The lowest BCUT2D eigenvalue weighted by Crippen LogP contribution is -2.25. The molecule has 0 radical (unpaired) electrons. The molecule has 0 bridgehead atoms. The molecular formula is C13H23NO. The maximum absolute atomic E-state index is 9.00. The summed E-state index contributed by atoms with van der Waals surface area (Å²) in [5.74, 6) is 0. The summed E-state index contributed by atoms with van der Waals surface area (Å²) in [6.45, 7) is 14.1. The number of hydrogen-bond donors (Lipinski definition) is 1. The van der Waals surface area contributed by atoms with Crippen molar-refractivity contribution in [2.24, 2.45) is 10.6 Å². The fraction of sp³-hybridized carbons (Fsp3) is 0.615. The highest BCUT2D eigenvalue weighted by Crippen LogP contribution is 2.28. The van der Waals surface area contributed by atoms with E-state index < -0.39 is 0 Å². The summed E-state index contributed by atoms with van der Waals surface area (Å²) in [5.41, 5.74) is 2.89. The fourth-order valence-corrected chi connectivity index (χ4v) is 1.23. The van der Waals surface area contributed by atoms with Crippen molar-refractivity contribution in [1.82, 2.24) is 0 Å². The summed E-state index contributed by atoms with van der Waals surface area (Å²) < 4.78 is 0. The van der Waals surface area contributed by atoms with Gasteiger partial charge in [-0.1, -0.05) is 42.8 Å². The highest BCUT2D eigenvalue weighted by Gasteiger charge is 2.25. The number of allylic oxidation sites excluding steroid dienone is 3. The Morgan fingerprint density at radius 2 is 1.87 bits per heavy atom. The van der Waals surface area contributed by atoms with Crippen LogP contribution in [0.1, 0.15) is 47.5 Å². The van der Waals surface area contributed by atoms with Gasteiger partial charge in [0, 0.05) is 5.41 Å². The number of nitrogens with zero attached hydrogens (tertiary/aromatic N) is 1. The number of oxime groups is 1. The third-order valence-electron chi connectivity index (χ3n) is 2.84. The van der Waals surface area contributed by atoms with E-state index in [0.29, 0.717) is 0 Å². The van der Waals surface area contributed by atoms with E-state index in [2.05, 4.69) is 31.7 Å². The van der Waals surface area contributed by atoms with Gasteiger partial charge in [-0.2, -0.15) is 0 Å². The first-order valence-electron chi connectivity index (χ1n) is 5.33. The van der Waals surface area contributed by atoms with E-state index in [1.54, 1.807) is 0 Å². The molecule has 0 spiro atoms. The molecule has 2 nitrogen and oxygen atoms in total. The van der Waals surface area contributed by atoms with Crippen molar-refractivity contribution in [3.8, 4) is 0 Å². The van der Waals surface area contributed by atoms with Crippen molar-refractivity contribution in [2.75, 3.05) is 0 Å². The van der Waals surface area contributed by atoms with Crippen LogP contribution in [0.2, 0.25) is 0 Å². The third-order valence-corrected chi connectivity index (χ3v) is 2.84. The van der Waals surface area contributed by atoms with Crippen LogP contribution in [0.25, 0.3) is 0 Å². The van der Waals surface area contributed by atoms with Crippen LogP contribution in [-0.2, 0) is 0 Å². The molecule has 0 aromatic heterocycles. The molecular weight excluding hydrogens is 186 g/mol. The van der Waals surface area contributed by atoms with E-state index in [-0.39, 0.29) is 5.41 Å². The second kappa shape index (κ2) is 5.74. The molecule has 15 heavy (non-hydrogen) atoms. The Labute approximate surface area is 93.4 Å². The van der Waals surface area contributed by atoms with Gasteiger partial charge in [-0.05, 0) is 33.6 Å². The van der Waals surface area contributed by atoms with E-state index in [1.807, 2.05) is 20.8 Å². The van der Waals surface area contributed by atoms with Crippen LogP contribution in [0.5, 0.6) is 0 Å². The minimum absolute atomic E-state index is 0.218. The average molecular weight is 209 g/mol. The molecule has 2 heteroatoms. The lowest BCUT2D eigenvalue weighted by Gasteiger charge is -2.25. The van der Waals surface area contributed by atoms with Gasteiger partial charge in [0.25, 0.3) is 0 Å². The molecule has 1 N–H and O–H groups in total. The first-order valence-corrected chi connectivity index (χ1v) is 5.33. The Hall–Kier alpha value is -1.05. The van der Waals surface area contributed by atoms with E-state index in [0.717, 1.165) is 24.1 Å². The monoisotopic (exact) mass is 209 g/mol. The van der Waals surface area contributed by atoms with Crippen LogP contribution in [0, 0.1) is 5.41 Å². The maximum Gasteiger partial charge on any atom is 0.0670 e. The zero-order valence-electron chi connectivity index (χ0n) is 10.6. The second-order valence-corrected chi connectivity index (χ2v) is 4.77. The van der Waals surface area contributed by atoms with Crippen LogP contribution < -0.4 is 0 Å². The molecule has 0 aliphatic rings. The SMILES string of the molecule is C=C(C)C(C)(C)/C(CCC=C(C)C)=N/O. The first kappa shape index (κ1) is 13.9. The van der Waals surface area contributed by atoms with Gasteiger partial charge in [0.1, 0.15) is 0 Å². The van der Waals surface area contributed by atoms with E-state index in [1.165, 1.54) is 5.57 Å². The van der Waals surface area contributed by atoms with Gasteiger partial charge in [-0.25, -0.2) is 0 Å². The minimum atomic E-state index is -0.218. The maximum atomic E-state index is 9.00. The minimum Gasteiger partial charge on any atom is -0.411 e. The van der Waals surface area contributed by atoms with Crippen molar-refractivity contribution in [3.05, 3.63) is 23.8 Å². The number of hydrogen-bond acceptors (Lipinski definition) is 2. The summed E-state index contributed by atoms with van der Waals surface area (Å²) >= 11 is 0. The Bertz CT molecular complexity index is 281. The van der Waals surface area contributed by atoms with Crippen LogP contribution in [0.4, 0.5) is 0 Å². The first-order chi connectivity index (χ1) is 6.82. The van der Waals surface area contributed by atoms with Gasteiger partial charge in [0.05, 0.1) is 5.71 Å². The molecule has 0 aromatic rings. The summed E-state index contributed by atoms with van der Waals surface area (Å²) in [4.78, 5) is 0. The zero-order valence-corrected chi connectivity index (χ0v) is 10.6. The highest BCUT2D eigenvalue weighted by molar-refractivity contribution is 5.91. The normalized spacial score (nSPS) is 12.5. The van der Waals surface area contributed by atoms with E-state index in [9.17, 15) is 0 Å². The molecule has 0 amide bonds. The van der Waals surface area contributed by atoms with Crippen LogP contribution in [0.3, 0.4) is 0 Å². The van der Waals surface area contributed by atoms with Gasteiger partial charge in [0.15, 0.2) is 0 Å². The van der Waals surface area contributed by atoms with Crippen LogP contribution >= 0.6 is 0 Å². The van der Waals surface area contributed by atoms with Gasteiger partial charge in [0.2, 0.25) is 0 Å². The third kappa shape index (κ3) is 4.32. The topological polar surface area (TPSA) is 32.6 Å². The summed E-state index contributed by atoms with van der Waals surface area (Å²) in [7, 11) is 0. The molecule has 0 rings (SSSR count). The molecule has 0 aliphatic heterocycles. The van der Waals surface area contributed by atoms with Crippen LogP contribution in [-0.4, -0.2) is 10.9 Å². The smallest absolute Gasteiger partial charge is 0.0670 e. The molecule has 0 saturated carbocycles. The summed E-state index contributed by atoms with van der Waals surface area (Å²) in [6.07, 6.45) is 3.85. The van der Waals surface area contributed by atoms with Crippen molar-refractivity contribution in [2.45, 2.75) is 47.5 Å². The van der Waals surface area contributed by atoms with Crippen molar-refractivity contribution in [3.63, 3.8) is 0 Å². The highest BCUT2D eigenvalue weighted by atomic mass is 16.4. The average Bonchev–Trinajstić information content (AvgIpc) is 2.11. The van der Waals surface area contributed by atoms with Crippen molar-refractivity contribution < 1.29 is 5.21 Å². The second-order valence-electron chi connectivity index (χ2n) is 4.77. The van der Waals surface area contributed by atoms with Crippen molar-refractivity contribution >= 4 is 5.71 Å². The summed E-state index contributed by atoms with van der Waals surface area (Å²) in [5, 5.41) is 12.4. The molecule has 0 aromatic carbocycles. The lowest BCUT2D eigenvalue weighted by atomic mass is 9.79. The Morgan fingerprint density at radius 1 is 1.33 bits per heavy atom. The molecule has 0 heterocycles. The van der Waals surface area contributed by atoms with Gasteiger partial charge in [-0.3, -0.25) is 0 Å². The van der Waals surface area contributed by atoms with Gasteiger partial charge >= 0.3 is 0 Å². The Balaban J connectivity index is 4.54. The molecule has 0 unspecified atom stereocenters. The van der Waals surface area contributed by atoms with Gasteiger partial charge in [-0.15, -0.1) is 0 Å². The Kier molecular flexibility index (Phi) is 5.34. The predicted molar refractivity (Wildman–Crippen MR) is 66.5 cm³/mol. The molecule has 86 valence electrons. The quantitative estimate of drug-likeness (QED) is 0.313. The standard InChI is InChI=1S/C13H23NO/c1-10(2)8-7-9-12(14-15)13(5,6)11(3)4/h8,15H,3,7,9H2,1-2,4-6H3/b14-12+. The van der Waals surface area contributed by atoms with E-state index >= 15 is 0 Å². The zero-order chi connectivity index (χ0) is 12.1. The fourth-order valence-electron chi connectivity index (χ4n) is 1.23. The summed E-state index contributed by atoms with van der Waals surface area (Å²) in [6, 6.07) is 0. The van der Waals surface area contributed by atoms with Gasteiger partial charge < -0.3 is 5.21 Å². The van der Waals surface area contributed by atoms with E-state index in [4.69, 9.17) is 5.21 Å². The Morgan fingerprint density at radius 3 is 2.20 bits per heavy atom. The number of rotatable bonds is 5. The predicted octanol–water partition coefficient (Wildman–Crippen LogP) is 4.17. The molecule has 0 atom stereocenters.